The Labute approximate surface area is 235 Å². The van der Waals surface area contributed by atoms with Gasteiger partial charge in [-0.2, -0.15) is 0 Å². The number of ether oxygens (including phenoxy) is 2. The molecule has 4 aliphatic rings. The zero-order valence-electron chi connectivity index (χ0n) is 24.1. The summed E-state index contributed by atoms with van der Waals surface area (Å²) in [6.45, 7) is 15.2. The summed E-state index contributed by atoms with van der Waals surface area (Å²) in [4.78, 5) is 0. The Kier molecular flexibility index (Phi) is 7.77. The van der Waals surface area contributed by atoms with Crippen molar-refractivity contribution >= 4 is 29.2 Å². The molecule has 0 amide bonds. The van der Waals surface area contributed by atoms with E-state index in [0.717, 1.165) is 28.0 Å². The van der Waals surface area contributed by atoms with Gasteiger partial charge < -0.3 is 9.47 Å². The van der Waals surface area contributed by atoms with Crippen molar-refractivity contribution in [1.29, 1.82) is 0 Å². The Bertz CT molecular complexity index is 1060. The van der Waals surface area contributed by atoms with Crippen molar-refractivity contribution in [3.05, 3.63) is 46.4 Å². The smallest absolute Gasteiger partial charge is 0.188 e. The molecule has 4 aliphatic carbocycles. The molecule has 0 aromatic heterocycles. The van der Waals surface area contributed by atoms with Crippen LogP contribution in [0.25, 0.3) is 11.1 Å². The van der Waals surface area contributed by atoms with E-state index in [2.05, 4.69) is 93.9 Å². The third kappa shape index (κ3) is 4.57. The normalized spacial score (nSPS) is 27.1. The van der Waals surface area contributed by atoms with E-state index in [4.69, 9.17) is 9.47 Å². The second-order valence-corrected chi connectivity index (χ2v) is 20.3. The second kappa shape index (κ2) is 10.5. The molecule has 0 atom stereocenters. The lowest BCUT2D eigenvalue weighted by Gasteiger charge is -2.57. The van der Waals surface area contributed by atoms with Crippen LogP contribution in [0.15, 0.2) is 40.9 Å². The van der Waals surface area contributed by atoms with Crippen LogP contribution in [-0.4, -0.2) is 22.0 Å². The maximum absolute atomic E-state index is 6.64. The summed E-state index contributed by atoms with van der Waals surface area (Å²) in [5.41, 5.74) is 6.23. The monoisotopic (exact) mass is 582 g/mol. The molecule has 0 spiro atoms. The molecule has 0 N–H and O–H groups in total. The number of methoxy groups -OCH3 is 1. The molecule has 37 heavy (non-hydrogen) atoms. The molecular weight excluding hydrogens is 536 g/mol. The van der Waals surface area contributed by atoms with Crippen LogP contribution in [-0.2, 0) is 10.2 Å². The SMILES string of the molecule is COCOc1c(-c2ccccc2Br)cc([Si](C(C)C)(C(C)C)C(C)C)cc1C12CC3CC(CC(C3)C1)C2. The van der Waals surface area contributed by atoms with Crippen molar-refractivity contribution in [3.8, 4) is 16.9 Å². The standard InChI is InChI=1S/C33H47BrO2Si/c1-21(2)37(22(3)4,23(5)6)27-15-29(28-10-8-9-11-31(28)34)32(36-20-35-7)30(16-27)33-17-24-12-25(18-33)14-26(13-24)19-33/h8-11,15-16,21-26H,12-14,17-20H2,1-7H3. The number of halogens is 1. The zero-order chi connectivity index (χ0) is 26.5. The van der Waals surface area contributed by atoms with Gasteiger partial charge in [0.1, 0.15) is 5.75 Å². The first-order valence-corrected chi connectivity index (χ1v) is 17.7. The van der Waals surface area contributed by atoms with Crippen LogP contribution < -0.4 is 9.92 Å². The van der Waals surface area contributed by atoms with Crippen LogP contribution in [0, 0.1) is 17.8 Å². The van der Waals surface area contributed by atoms with Crippen LogP contribution in [0.4, 0.5) is 0 Å². The third-order valence-corrected chi connectivity index (χ3v) is 18.3. The fourth-order valence-electron chi connectivity index (χ4n) is 9.87. The molecule has 4 heteroatoms. The second-order valence-electron chi connectivity index (χ2n) is 13.5. The summed E-state index contributed by atoms with van der Waals surface area (Å²) in [7, 11) is -0.146. The van der Waals surface area contributed by atoms with Gasteiger partial charge in [-0.15, -0.1) is 0 Å². The minimum absolute atomic E-state index is 0.245. The van der Waals surface area contributed by atoms with Gasteiger partial charge >= 0.3 is 0 Å². The molecule has 2 nitrogen and oxygen atoms in total. The molecule has 4 saturated carbocycles. The molecule has 4 bridgehead atoms. The molecule has 6 rings (SSSR count). The fourth-order valence-corrected chi connectivity index (χ4v) is 17.2. The zero-order valence-corrected chi connectivity index (χ0v) is 26.7. The van der Waals surface area contributed by atoms with Crippen LogP contribution in [0.2, 0.25) is 16.6 Å². The molecule has 202 valence electrons. The van der Waals surface area contributed by atoms with Crippen molar-refractivity contribution in [2.24, 2.45) is 17.8 Å². The minimum atomic E-state index is -1.89. The van der Waals surface area contributed by atoms with E-state index in [9.17, 15) is 0 Å². The fraction of sp³-hybridized carbons (Fsp3) is 0.636. The maximum atomic E-state index is 6.64. The van der Waals surface area contributed by atoms with Gasteiger partial charge in [0.15, 0.2) is 6.79 Å². The van der Waals surface area contributed by atoms with Gasteiger partial charge in [0.2, 0.25) is 0 Å². The van der Waals surface area contributed by atoms with Crippen molar-refractivity contribution in [2.45, 2.75) is 102 Å². The molecule has 2 aromatic rings. The molecule has 4 fully saturated rings. The third-order valence-electron chi connectivity index (χ3n) is 10.5. The molecule has 0 unspecified atom stereocenters. The van der Waals surface area contributed by atoms with Gasteiger partial charge in [-0.1, -0.05) is 93.0 Å². The van der Waals surface area contributed by atoms with Crippen molar-refractivity contribution in [2.75, 3.05) is 13.9 Å². The van der Waals surface area contributed by atoms with Gasteiger partial charge in [0.25, 0.3) is 0 Å². The van der Waals surface area contributed by atoms with E-state index < -0.39 is 8.07 Å². The predicted octanol–water partition coefficient (Wildman–Crippen LogP) is 9.45. The van der Waals surface area contributed by atoms with Crippen LogP contribution >= 0.6 is 15.9 Å². The van der Waals surface area contributed by atoms with Gasteiger partial charge in [-0.3, -0.25) is 0 Å². The molecule has 0 radical (unpaired) electrons. The Morgan fingerprint density at radius 1 is 0.838 bits per heavy atom. The maximum Gasteiger partial charge on any atom is 0.188 e. The molecular formula is C33H47BrO2Si. The number of benzene rings is 2. The Hall–Kier alpha value is -1.10. The average molecular weight is 584 g/mol. The van der Waals surface area contributed by atoms with Crippen LogP contribution in [0.1, 0.15) is 85.6 Å². The summed E-state index contributed by atoms with van der Waals surface area (Å²) >= 11 is 3.91. The lowest BCUT2D eigenvalue weighted by Crippen LogP contribution is -2.56. The lowest BCUT2D eigenvalue weighted by atomic mass is 9.48. The first-order valence-electron chi connectivity index (χ1n) is 14.7. The van der Waals surface area contributed by atoms with Crippen molar-refractivity contribution in [1.82, 2.24) is 0 Å². The summed E-state index contributed by atoms with van der Waals surface area (Å²) in [6.07, 6.45) is 8.36. The van der Waals surface area contributed by atoms with Crippen LogP contribution in [0.5, 0.6) is 5.75 Å². The predicted molar refractivity (Wildman–Crippen MR) is 163 cm³/mol. The molecule has 2 aromatic carbocycles. The highest BCUT2D eigenvalue weighted by molar-refractivity contribution is 9.10. The Morgan fingerprint density at radius 2 is 1.38 bits per heavy atom. The highest BCUT2D eigenvalue weighted by Crippen LogP contribution is 2.62. The Balaban J connectivity index is 1.83. The molecule has 0 saturated heterocycles. The summed E-state index contributed by atoms with van der Waals surface area (Å²) in [5, 5.41) is 1.63. The quantitative estimate of drug-likeness (QED) is 0.216. The van der Waals surface area contributed by atoms with Crippen LogP contribution in [0.3, 0.4) is 0 Å². The highest BCUT2D eigenvalue weighted by Gasteiger charge is 2.54. The topological polar surface area (TPSA) is 18.5 Å². The summed E-state index contributed by atoms with van der Waals surface area (Å²) in [5.74, 6) is 3.75. The number of hydrogen-bond donors (Lipinski definition) is 0. The first-order chi connectivity index (χ1) is 17.6. The first kappa shape index (κ1) is 27.5. The number of rotatable bonds is 9. The van der Waals surface area contributed by atoms with Gasteiger partial charge in [-0.25, -0.2) is 0 Å². The van der Waals surface area contributed by atoms with E-state index in [1.165, 1.54) is 55.2 Å². The van der Waals surface area contributed by atoms with E-state index >= 15 is 0 Å². The van der Waals surface area contributed by atoms with E-state index in [0.29, 0.717) is 16.6 Å². The van der Waals surface area contributed by atoms with E-state index in [-0.39, 0.29) is 12.2 Å². The lowest BCUT2D eigenvalue weighted by molar-refractivity contribution is -0.00871. The average Bonchev–Trinajstić information content (AvgIpc) is 2.82. The Morgan fingerprint density at radius 3 is 1.86 bits per heavy atom. The van der Waals surface area contributed by atoms with E-state index in [1.54, 1.807) is 12.3 Å². The molecule has 0 aliphatic heterocycles. The van der Waals surface area contributed by atoms with E-state index in [1.807, 2.05) is 0 Å². The van der Waals surface area contributed by atoms with Gasteiger partial charge in [0, 0.05) is 22.7 Å². The van der Waals surface area contributed by atoms with Crippen molar-refractivity contribution < 1.29 is 9.47 Å². The summed E-state index contributed by atoms with van der Waals surface area (Å²) < 4.78 is 13.3. The largest absolute Gasteiger partial charge is 0.467 e. The molecule has 0 heterocycles. The summed E-state index contributed by atoms with van der Waals surface area (Å²) in [6, 6.07) is 13.9. The minimum Gasteiger partial charge on any atom is -0.467 e. The van der Waals surface area contributed by atoms with Gasteiger partial charge in [0.05, 0.1) is 8.07 Å². The van der Waals surface area contributed by atoms with Crippen molar-refractivity contribution in [3.63, 3.8) is 0 Å². The van der Waals surface area contributed by atoms with Gasteiger partial charge in [-0.05, 0) is 89.9 Å². The highest BCUT2D eigenvalue weighted by atomic mass is 79.9. The number of hydrogen-bond acceptors (Lipinski definition) is 2.